The molecule has 0 aromatic rings. The van der Waals surface area contributed by atoms with Crippen LogP contribution in [0.4, 0.5) is 0 Å². The second-order valence-corrected chi connectivity index (χ2v) is 3.66. The second kappa shape index (κ2) is 10.8. The summed E-state index contributed by atoms with van der Waals surface area (Å²) in [6.07, 6.45) is 3.66. The van der Waals surface area contributed by atoms with Gasteiger partial charge in [-0.15, -0.1) is 0 Å². The van der Waals surface area contributed by atoms with E-state index in [-0.39, 0.29) is 0 Å². The maximum absolute atomic E-state index is 2.93. The molecule has 0 amide bonds. The van der Waals surface area contributed by atoms with Crippen molar-refractivity contribution in [2.45, 2.75) is 48.0 Å². The number of hydrogen-bond acceptors (Lipinski definition) is 1. The highest BCUT2D eigenvalue weighted by molar-refractivity contribution is 5.10. The predicted octanol–water partition coefficient (Wildman–Crippen LogP) is 3.86. The highest BCUT2D eigenvalue weighted by Gasteiger charge is 2.17. The lowest BCUT2D eigenvalue weighted by Crippen LogP contribution is -2.01. The Morgan fingerprint density at radius 2 is 1.79 bits per heavy atom. The quantitative estimate of drug-likeness (QED) is 0.632. The van der Waals surface area contributed by atoms with Gasteiger partial charge in [0, 0.05) is 0 Å². The van der Waals surface area contributed by atoms with E-state index in [2.05, 4.69) is 39.1 Å². The Labute approximate surface area is 91.0 Å². The minimum absolute atomic E-state index is 0.843. The minimum atomic E-state index is 0.843. The zero-order valence-electron chi connectivity index (χ0n) is 11.1. The molecule has 0 saturated carbocycles. The number of allylic oxidation sites excluding steroid dienone is 2. The summed E-state index contributed by atoms with van der Waals surface area (Å²) in [6, 6.07) is 0. The molecule has 0 radical (unpaired) electrons. The van der Waals surface area contributed by atoms with Crippen LogP contribution < -0.4 is 5.32 Å². The molecule has 1 heteroatoms. The Hall–Kier alpha value is -0.300. The van der Waals surface area contributed by atoms with E-state index in [9.17, 15) is 0 Å². The van der Waals surface area contributed by atoms with E-state index in [0.717, 1.165) is 18.4 Å². The van der Waals surface area contributed by atoms with Crippen LogP contribution in [0.5, 0.6) is 0 Å². The Bertz CT molecular complexity index is 136. The summed E-state index contributed by atoms with van der Waals surface area (Å²) in [5.74, 6) is 1.74. The Morgan fingerprint density at radius 3 is 1.86 bits per heavy atom. The van der Waals surface area contributed by atoms with Crippen LogP contribution >= 0.6 is 0 Å². The van der Waals surface area contributed by atoms with Crippen LogP contribution in [0.15, 0.2) is 11.6 Å². The molecule has 14 heavy (non-hydrogen) atoms. The van der Waals surface area contributed by atoms with Crippen molar-refractivity contribution in [3.05, 3.63) is 11.6 Å². The fraction of sp³-hybridized carbons (Fsp3) is 0.846. The Morgan fingerprint density at radius 1 is 1.36 bits per heavy atom. The summed E-state index contributed by atoms with van der Waals surface area (Å²) < 4.78 is 0. The molecular formula is C13H29N. The van der Waals surface area contributed by atoms with Gasteiger partial charge in [-0.25, -0.2) is 0 Å². The van der Waals surface area contributed by atoms with Gasteiger partial charge in [0.1, 0.15) is 0 Å². The third-order valence-electron chi connectivity index (χ3n) is 2.74. The van der Waals surface area contributed by atoms with Gasteiger partial charge in [-0.05, 0) is 38.8 Å². The molecule has 0 aromatic heterocycles. The number of rotatable bonds is 1. The summed E-state index contributed by atoms with van der Waals surface area (Å²) in [5.41, 5.74) is 1.58. The number of nitrogens with one attached hydrogen (secondary N) is 1. The summed E-state index contributed by atoms with van der Waals surface area (Å²) in [6.45, 7) is 14.0. The molecule has 1 rings (SSSR count). The van der Waals surface area contributed by atoms with Crippen LogP contribution in [-0.2, 0) is 0 Å². The molecule has 1 nitrogen and oxygen atoms in total. The maximum Gasteiger partial charge on any atom is -0.00804 e. The highest BCUT2D eigenvalue weighted by atomic mass is 14.8. The van der Waals surface area contributed by atoms with Gasteiger partial charge in [0.05, 0.1) is 0 Å². The molecule has 1 aliphatic carbocycles. The third kappa shape index (κ3) is 7.14. The van der Waals surface area contributed by atoms with Gasteiger partial charge in [-0.2, -0.15) is 0 Å². The molecule has 2 unspecified atom stereocenters. The SMILES string of the molecule is CC.CC1=CCC(C)C1C.CCNC. The van der Waals surface area contributed by atoms with E-state index in [4.69, 9.17) is 0 Å². The minimum Gasteiger partial charge on any atom is -0.320 e. The molecule has 0 saturated heterocycles. The lowest BCUT2D eigenvalue weighted by atomic mass is 9.96. The molecule has 0 heterocycles. The van der Waals surface area contributed by atoms with Crippen molar-refractivity contribution in [2.75, 3.05) is 13.6 Å². The van der Waals surface area contributed by atoms with Gasteiger partial charge in [0.15, 0.2) is 0 Å². The van der Waals surface area contributed by atoms with Crippen molar-refractivity contribution < 1.29 is 0 Å². The van der Waals surface area contributed by atoms with Crippen LogP contribution in [0.1, 0.15) is 48.0 Å². The molecule has 0 aliphatic heterocycles. The summed E-state index contributed by atoms with van der Waals surface area (Å²) >= 11 is 0. The average Bonchev–Trinajstić information content (AvgIpc) is 2.53. The lowest BCUT2D eigenvalue weighted by molar-refractivity contribution is 0.482. The summed E-state index contributed by atoms with van der Waals surface area (Å²) in [4.78, 5) is 0. The summed E-state index contributed by atoms with van der Waals surface area (Å²) in [7, 11) is 1.93. The molecule has 1 aliphatic rings. The Balaban J connectivity index is 0. The van der Waals surface area contributed by atoms with Crippen LogP contribution in [0.3, 0.4) is 0 Å². The van der Waals surface area contributed by atoms with E-state index in [1.165, 1.54) is 6.42 Å². The fourth-order valence-electron chi connectivity index (χ4n) is 1.21. The molecular weight excluding hydrogens is 170 g/mol. The van der Waals surface area contributed by atoms with E-state index in [1.807, 2.05) is 20.9 Å². The zero-order chi connectivity index (χ0) is 11.6. The van der Waals surface area contributed by atoms with Gasteiger partial charge in [0.2, 0.25) is 0 Å². The van der Waals surface area contributed by atoms with Crippen molar-refractivity contribution in [3.63, 3.8) is 0 Å². The standard InChI is InChI=1S/C8H14.C3H9N.C2H6/c1-6-4-5-7(2)8(6)3;1-3-4-2;1-2/h4,7-8H,5H2,1-3H3;4H,3H2,1-2H3;1-2H3. The lowest BCUT2D eigenvalue weighted by Gasteiger charge is -2.09. The zero-order valence-corrected chi connectivity index (χ0v) is 11.1. The van der Waals surface area contributed by atoms with Gasteiger partial charge < -0.3 is 5.32 Å². The van der Waals surface area contributed by atoms with Crippen molar-refractivity contribution in [2.24, 2.45) is 11.8 Å². The first kappa shape index (κ1) is 16.1. The normalized spacial score (nSPS) is 24.1. The topological polar surface area (TPSA) is 12.0 Å². The monoisotopic (exact) mass is 199 g/mol. The second-order valence-electron chi connectivity index (χ2n) is 3.66. The third-order valence-corrected chi connectivity index (χ3v) is 2.74. The molecule has 0 spiro atoms. The number of hydrogen-bond donors (Lipinski definition) is 1. The van der Waals surface area contributed by atoms with Crippen molar-refractivity contribution in [1.82, 2.24) is 5.32 Å². The smallest absolute Gasteiger partial charge is 0.00804 e. The van der Waals surface area contributed by atoms with Gasteiger partial charge >= 0.3 is 0 Å². The Kier molecular flexibility index (Phi) is 12.4. The first-order valence-electron chi connectivity index (χ1n) is 5.94. The van der Waals surface area contributed by atoms with Crippen molar-refractivity contribution in [3.8, 4) is 0 Å². The van der Waals surface area contributed by atoms with Gasteiger partial charge in [0.25, 0.3) is 0 Å². The first-order valence-corrected chi connectivity index (χ1v) is 5.94. The van der Waals surface area contributed by atoms with Crippen LogP contribution in [-0.4, -0.2) is 13.6 Å². The highest BCUT2D eigenvalue weighted by Crippen LogP contribution is 2.29. The van der Waals surface area contributed by atoms with Crippen LogP contribution in [0.25, 0.3) is 0 Å². The largest absolute Gasteiger partial charge is 0.320 e. The molecule has 1 N–H and O–H groups in total. The van der Waals surface area contributed by atoms with Gasteiger partial charge in [-0.1, -0.05) is 46.3 Å². The van der Waals surface area contributed by atoms with Crippen molar-refractivity contribution >= 4 is 0 Å². The van der Waals surface area contributed by atoms with E-state index < -0.39 is 0 Å². The van der Waals surface area contributed by atoms with Crippen LogP contribution in [0.2, 0.25) is 0 Å². The van der Waals surface area contributed by atoms with E-state index in [0.29, 0.717) is 0 Å². The fourth-order valence-corrected chi connectivity index (χ4v) is 1.21. The van der Waals surface area contributed by atoms with Gasteiger partial charge in [-0.3, -0.25) is 0 Å². The molecule has 0 fully saturated rings. The predicted molar refractivity (Wildman–Crippen MR) is 67.7 cm³/mol. The molecule has 0 bridgehead atoms. The van der Waals surface area contributed by atoms with E-state index >= 15 is 0 Å². The molecule has 0 aromatic carbocycles. The van der Waals surface area contributed by atoms with Crippen LogP contribution in [0, 0.1) is 11.8 Å². The molecule has 2 atom stereocenters. The van der Waals surface area contributed by atoms with Crippen molar-refractivity contribution in [1.29, 1.82) is 0 Å². The average molecular weight is 199 g/mol. The van der Waals surface area contributed by atoms with E-state index in [1.54, 1.807) is 5.57 Å². The molecule has 86 valence electrons. The maximum atomic E-state index is 2.93. The first-order chi connectivity index (χ1) is 6.63. The summed E-state index contributed by atoms with van der Waals surface area (Å²) in [5, 5.41) is 2.93.